The van der Waals surface area contributed by atoms with Gasteiger partial charge < -0.3 is 50.0 Å². The second-order valence-corrected chi connectivity index (χ2v) is 17.0. The number of benzene rings is 8. The van der Waals surface area contributed by atoms with Crippen LogP contribution in [0.2, 0.25) is 0 Å². The van der Waals surface area contributed by atoms with Gasteiger partial charge in [0.25, 0.3) is 0 Å². The SMILES string of the molecule is Oc1ccc(C2Oc3cc(O)c(O)c(C=Cc4ccc5c(c4)C(c4cc(O)cc6c4C(c4cccc(O)c4)C(c4ccccc4)O6)C(c4ccccc4)O5)c3C2c2cc(O)cc(O)c2)cc1. The first-order valence-corrected chi connectivity index (χ1v) is 21.6. The van der Waals surface area contributed by atoms with Crippen LogP contribution < -0.4 is 14.2 Å². The topological polar surface area (TPSA) is 169 Å². The summed E-state index contributed by atoms with van der Waals surface area (Å²) >= 11 is 0. The fraction of sp³-hybridized carbons (Fsp3) is 0.107. The number of hydrogen-bond donors (Lipinski definition) is 7. The van der Waals surface area contributed by atoms with Crippen LogP contribution in [0.25, 0.3) is 12.2 Å². The van der Waals surface area contributed by atoms with Crippen molar-refractivity contribution in [3.8, 4) is 57.5 Å². The van der Waals surface area contributed by atoms with E-state index in [1.165, 1.54) is 36.4 Å². The molecule has 66 heavy (non-hydrogen) atoms. The molecule has 8 aromatic rings. The third-order valence-electron chi connectivity index (χ3n) is 12.9. The summed E-state index contributed by atoms with van der Waals surface area (Å²) < 4.78 is 20.1. The second-order valence-electron chi connectivity index (χ2n) is 17.0. The Kier molecular flexibility index (Phi) is 9.73. The van der Waals surface area contributed by atoms with Crippen molar-refractivity contribution in [1.29, 1.82) is 0 Å². The smallest absolute Gasteiger partial charge is 0.165 e. The number of phenols is 7. The predicted octanol–water partition coefficient (Wildman–Crippen LogP) is 11.6. The number of fused-ring (bicyclic) bond motifs is 3. The lowest BCUT2D eigenvalue weighted by Gasteiger charge is -2.25. The van der Waals surface area contributed by atoms with Crippen LogP contribution in [-0.4, -0.2) is 35.7 Å². The van der Waals surface area contributed by atoms with E-state index in [-0.39, 0.29) is 46.0 Å². The van der Waals surface area contributed by atoms with Gasteiger partial charge in [-0.25, -0.2) is 0 Å². The van der Waals surface area contributed by atoms with Crippen molar-refractivity contribution in [3.63, 3.8) is 0 Å². The molecule has 0 aliphatic carbocycles. The minimum absolute atomic E-state index is 0.0269. The highest BCUT2D eigenvalue weighted by Crippen LogP contribution is 2.59. The lowest BCUT2D eigenvalue weighted by atomic mass is 9.76. The van der Waals surface area contributed by atoms with E-state index in [9.17, 15) is 35.7 Å². The van der Waals surface area contributed by atoms with Gasteiger partial charge in [-0.2, -0.15) is 0 Å². The Morgan fingerprint density at radius 3 is 1.58 bits per heavy atom. The molecule has 0 aromatic heterocycles. The third-order valence-corrected chi connectivity index (χ3v) is 12.9. The van der Waals surface area contributed by atoms with Crippen molar-refractivity contribution in [3.05, 3.63) is 225 Å². The predicted molar refractivity (Wildman–Crippen MR) is 248 cm³/mol. The van der Waals surface area contributed by atoms with Gasteiger partial charge in [-0.3, -0.25) is 0 Å². The summed E-state index contributed by atoms with van der Waals surface area (Å²) in [6.07, 6.45) is 1.80. The summed E-state index contributed by atoms with van der Waals surface area (Å²) in [5.74, 6) is -0.977. The van der Waals surface area contributed by atoms with E-state index in [4.69, 9.17) is 14.2 Å². The largest absolute Gasteiger partial charge is 0.508 e. The molecule has 0 amide bonds. The van der Waals surface area contributed by atoms with E-state index in [0.29, 0.717) is 33.9 Å². The summed E-state index contributed by atoms with van der Waals surface area (Å²) in [6.45, 7) is 0. The Balaban J connectivity index is 1.05. The molecule has 3 heterocycles. The zero-order valence-corrected chi connectivity index (χ0v) is 35.1. The normalized spacial score (nSPS) is 20.2. The first-order chi connectivity index (χ1) is 32.1. The molecule has 0 fully saturated rings. The number of phenolic OH excluding ortho intramolecular Hbond substituents is 7. The van der Waals surface area contributed by atoms with E-state index in [2.05, 4.69) is 0 Å². The fourth-order valence-electron chi connectivity index (χ4n) is 10.1. The van der Waals surface area contributed by atoms with Gasteiger partial charge in [-0.15, -0.1) is 0 Å². The molecular weight excluding hydrogens is 833 g/mol. The molecule has 6 atom stereocenters. The lowest BCUT2D eigenvalue weighted by molar-refractivity contribution is 0.220. The van der Waals surface area contributed by atoms with Gasteiger partial charge in [-0.1, -0.05) is 103 Å². The second kappa shape index (κ2) is 15.9. The van der Waals surface area contributed by atoms with Crippen LogP contribution in [0.3, 0.4) is 0 Å². The molecular formula is C56H42O10. The highest BCUT2D eigenvalue weighted by atomic mass is 16.5. The average Bonchev–Trinajstić information content (AvgIpc) is 4.01. The van der Waals surface area contributed by atoms with Crippen molar-refractivity contribution in [2.75, 3.05) is 0 Å². The first-order valence-electron chi connectivity index (χ1n) is 21.6. The lowest BCUT2D eigenvalue weighted by Crippen LogP contribution is -2.16. The Hall–Kier alpha value is -8.50. The molecule has 0 saturated carbocycles. The third kappa shape index (κ3) is 7.00. The number of hydrogen-bond acceptors (Lipinski definition) is 10. The molecule has 0 saturated heterocycles. The van der Waals surface area contributed by atoms with Gasteiger partial charge in [-0.05, 0) is 93.5 Å². The molecule has 0 spiro atoms. The first kappa shape index (κ1) is 40.3. The monoisotopic (exact) mass is 874 g/mol. The van der Waals surface area contributed by atoms with E-state index in [1.54, 1.807) is 42.5 Å². The average molecular weight is 875 g/mol. The Morgan fingerprint density at radius 1 is 0.348 bits per heavy atom. The van der Waals surface area contributed by atoms with Crippen LogP contribution in [0.5, 0.6) is 57.5 Å². The molecule has 0 bridgehead atoms. The van der Waals surface area contributed by atoms with Gasteiger partial charge >= 0.3 is 0 Å². The van der Waals surface area contributed by atoms with Crippen LogP contribution in [0, 0.1) is 0 Å². The van der Waals surface area contributed by atoms with E-state index in [1.807, 2.05) is 97.1 Å². The van der Waals surface area contributed by atoms with Crippen LogP contribution in [0.1, 0.15) is 97.3 Å². The highest BCUT2D eigenvalue weighted by Gasteiger charge is 2.45. The van der Waals surface area contributed by atoms with Crippen molar-refractivity contribution < 1.29 is 50.0 Å². The van der Waals surface area contributed by atoms with Crippen LogP contribution >= 0.6 is 0 Å². The minimum atomic E-state index is -0.735. The zero-order valence-electron chi connectivity index (χ0n) is 35.1. The van der Waals surface area contributed by atoms with Gasteiger partial charge in [0, 0.05) is 40.5 Å². The minimum Gasteiger partial charge on any atom is -0.508 e. The summed E-state index contributed by atoms with van der Waals surface area (Å²) in [7, 11) is 0. The molecule has 326 valence electrons. The summed E-state index contributed by atoms with van der Waals surface area (Å²) in [6, 6.07) is 48.4. The molecule has 11 rings (SSSR count). The molecule has 3 aliphatic heterocycles. The maximum Gasteiger partial charge on any atom is 0.165 e. The number of ether oxygens (including phenoxy) is 3. The highest BCUT2D eigenvalue weighted by molar-refractivity contribution is 5.80. The summed E-state index contributed by atoms with van der Waals surface area (Å²) in [5.41, 5.74) is 7.88. The van der Waals surface area contributed by atoms with E-state index < -0.39 is 35.9 Å². The van der Waals surface area contributed by atoms with Crippen LogP contribution in [-0.2, 0) is 0 Å². The van der Waals surface area contributed by atoms with Crippen molar-refractivity contribution in [2.45, 2.75) is 36.1 Å². The van der Waals surface area contributed by atoms with Gasteiger partial charge in [0.05, 0.1) is 17.8 Å². The van der Waals surface area contributed by atoms with Gasteiger partial charge in [0.1, 0.15) is 64.3 Å². The van der Waals surface area contributed by atoms with Gasteiger partial charge in [0.2, 0.25) is 0 Å². The van der Waals surface area contributed by atoms with Crippen molar-refractivity contribution in [1.82, 2.24) is 0 Å². The maximum atomic E-state index is 11.6. The summed E-state index contributed by atoms with van der Waals surface area (Å²) in [4.78, 5) is 0. The van der Waals surface area contributed by atoms with Gasteiger partial charge in [0.15, 0.2) is 11.5 Å². The molecule has 10 nitrogen and oxygen atoms in total. The van der Waals surface area contributed by atoms with E-state index in [0.717, 1.165) is 38.9 Å². The quantitative estimate of drug-likeness (QED) is 0.0576. The number of aromatic hydroxyl groups is 7. The summed E-state index contributed by atoms with van der Waals surface area (Å²) in [5, 5.41) is 76.3. The standard InChI is InChI=1S/C56H42O10/c57-36-18-16-33(17-19-36)55-49(35-24-38(59)26-39(60)25-35)51-41(53(63)44(62)29-47(51)66-55)20-14-30-15-21-45-42(22-30)50(56(64-45)32-10-5-2-6-11-32)43-27-40(61)28-46-52(43)48(34-12-7-13-37(58)23-34)54(65-46)31-8-3-1-4-9-31/h1-29,48-50,54-63H. The Morgan fingerprint density at radius 2 is 0.909 bits per heavy atom. The molecule has 7 N–H and O–H groups in total. The number of rotatable bonds is 8. The fourth-order valence-corrected chi connectivity index (χ4v) is 10.1. The Labute approximate surface area is 379 Å². The molecule has 0 radical (unpaired) electrons. The Bertz CT molecular complexity index is 3160. The molecule has 3 aliphatic rings. The van der Waals surface area contributed by atoms with Crippen molar-refractivity contribution in [2.24, 2.45) is 0 Å². The zero-order chi connectivity index (χ0) is 45.2. The molecule has 6 unspecified atom stereocenters. The van der Waals surface area contributed by atoms with Crippen molar-refractivity contribution >= 4 is 12.2 Å². The molecule has 10 heteroatoms. The van der Waals surface area contributed by atoms with Crippen LogP contribution in [0.15, 0.2) is 164 Å². The van der Waals surface area contributed by atoms with Crippen LogP contribution in [0.4, 0.5) is 0 Å². The molecule has 8 aromatic carbocycles. The maximum absolute atomic E-state index is 11.6. The van der Waals surface area contributed by atoms with E-state index >= 15 is 0 Å².